The van der Waals surface area contributed by atoms with Crippen LogP contribution in [0, 0.1) is 11.7 Å². The van der Waals surface area contributed by atoms with Crippen LogP contribution in [0.1, 0.15) is 35.4 Å². The van der Waals surface area contributed by atoms with E-state index in [2.05, 4.69) is 22.0 Å². The van der Waals surface area contributed by atoms with Crippen molar-refractivity contribution in [3.05, 3.63) is 77.5 Å². The summed E-state index contributed by atoms with van der Waals surface area (Å²) >= 11 is 0. The van der Waals surface area contributed by atoms with Crippen molar-refractivity contribution in [3.8, 4) is 5.75 Å². The predicted molar refractivity (Wildman–Crippen MR) is 131 cm³/mol. The van der Waals surface area contributed by atoms with Crippen molar-refractivity contribution < 1.29 is 17.5 Å². The number of fused-ring (bicyclic) bond motifs is 1. The number of nitrogens with zero attached hydrogens (tertiary/aromatic N) is 3. The van der Waals surface area contributed by atoms with Gasteiger partial charge >= 0.3 is 0 Å². The number of ether oxygens (including phenoxy) is 1. The normalized spacial score (nSPS) is 19.9. The van der Waals surface area contributed by atoms with Crippen LogP contribution in [0.4, 0.5) is 4.39 Å². The van der Waals surface area contributed by atoms with Crippen LogP contribution in [0.25, 0.3) is 0 Å². The molecule has 0 amide bonds. The lowest BCUT2D eigenvalue weighted by atomic mass is 9.86. The Hall–Kier alpha value is -2.75. The Bertz CT molecular complexity index is 1290. The first kappa shape index (κ1) is 24.0. The lowest BCUT2D eigenvalue weighted by Gasteiger charge is -2.35. The second-order valence-corrected chi connectivity index (χ2v) is 11.1. The molecule has 2 N–H and O–H groups in total. The van der Waals surface area contributed by atoms with Gasteiger partial charge in [0.05, 0.1) is 12.9 Å². The van der Waals surface area contributed by atoms with Gasteiger partial charge in [-0.2, -0.15) is 0 Å². The van der Waals surface area contributed by atoms with Crippen LogP contribution in [-0.2, 0) is 29.4 Å². The van der Waals surface area contributed by atoms with Gasteiger partial charge in [0.25, 0.3) is 10.0 Å². The van der Waals surface area contributed by atoms with Crippen LogP contribution in [0.3, 0.4) is 0 Å². The van der Waals surface area contributed by atoms with Gasteiger partial charge < -0.3 is 14.2 Å². The summed E-state index contributed by atoms with van der Waals surface area (Å²) in [6.07, 6.45) is 6.72. The summed E-state index contributed by atoms with van der Waals surface area (Å²) in [5.74, 6) is 1.48. The number of aromatic nitrogens is 2. The smallest absolute Gasteiger partial charge is 0.257 e. The molecular formula is C26H31FN4O3S. The third-order valence-electron chi connectivity index (χ3n) is 7.08. The highest BCUT2D eigenvalue weighted by Gasteiger charge is 2.35. The van der Waals surface area contributed by atoms with Crippen LogP contribution in [0.15, 0.2) is 60.0 Å². The summed E-state index contributed by atoms with van der Waals surface area (Å²) in [5, 5.41) is 4.98. The molecule has 2 aromatic carbocycles. The molecule has 2 aliphatic rings. The van der Waals surface area contributed by atoms with Gasteiger partial charge in [0.2, 0.25) is 0 Å². The van der Waals surface area contributed by atoms with E-state index in [9.17, 15) is 12.8 Å². The van der Waals surface area contributed by atoms with Crippen molar-refractivity contribution in [2.75, 3.05) is 26.2 Å². The molecule has 0 bridgehead atoms. The molecule has 1 aromatic heterocycles. The molecule has 2 unspecified atom stereocenters. The van der Waals surface area contributed by atoms with Crippen molar-refractivity contribution in [1.82, 2.24) is 14.5 Å². The quantitative estimate of drug-likeness (QED) is 0.433. The molecule has 2 atom stereocenters. The Balaban J connectivity index is 1.24. The third-order valence-corrected chi connectivity index (χ3v) is 7.88. The first-order valence-electron chi connectivity index (χ1n) is 12.1. The summed E-state index contributed by atoms with van der Waals surface area (Å²) in [6, 6.07) is 13.3. The molecule has 1 saturated heterocycles. The van der Waals surface area contributed by atoms with Gasteiger partial charge in [0.15, 0.2) is 5.03 Å². The van der Waals surface area contributed by atoms with Crippen LogP contribution >= 0.6 is 0 Å². The number of imidazole rings is 1. The predicted octanol–water partition coefficient (Wildman–Crippen LogP) is 3.34. The van der Waals surface area contributed by atoms with E-state index in [4.69, 9.17) is 9.88 Å². The number of halogens is 1. The van der Waals surface area contributed by atoms with Gasteiger partial charge in [-0.05, 0) is 91.6 Å². The maximum Gasteiger partial charge on any atom is 0.257 e. The molecule has 3 aromatic rings. The first-order chi connectivity index (χ1) is 16.8. The average Bonchev–Trinajstić information content (AvgIpc) is 3.39. The molecular weight excluding hydrogens is 467 g/mol. The second kappa shape index (κ2) is 10.1. The molecule has 1 fully saturated rings. The number of primary sulfonamides is 1. The van der Waals surface area contributed by atoms with E-state index < -0.39 is 10.0 Å². The zero-order chi connectivity index (χ0) is 24.4. The Morgan fingerprint density at radius 2 is 2.03 bits per heavy atom. The number of hydrogen-bond acceptors (Lipinski definition) is 5. The maximum absolute atomic E-state index is 13.9. The minimum absolute atomic E-state index is 0.130. The van der Waals surface area contributed by atoms with Gasteiger partial charge in [0, 0.05) is 19.3 Å². The largest absolute Gasteiger partial charge is 0.494 e. The Morgan fingerprint density at radius 3 is 2.74 bits per heavy atom. The summed E-state index contributed by atoms with van der Waals surface area (Å²) < 4.78 is 44.3. The molecule has 9 heteroatoms. The first-order valence-corrected chi connectivity index (χ1v) is 13.7. The van der Waals surface area contributed by atoms with Crippen molar-refractivity contribution in [1.29, 1.82) is 0 Å². The van der Waals surface area contributed by atoms with E-state index in [0.717, 1.165) is 30.7 Å². The number of rotatable bonds is 10. The fraction of sp³-hybridized carbons (Fsp3) is 0.423. The fourth-order valence-corrected chi connectivity index (χ4v) is 5.68. The van der Waals surface area contributed by atoms with Crippen molar-refractivity contribution in [2.45, 2.75) is 43.2 Å². The number of aryl methyl sites for hydroxylation is 1. The van der Waals surface area contributed by atoms with Crippen molar-refractivity contribution >= 4 is 10.0 Å². The average molecular weight is 499 g/mol. The zero-order valence-electron chi connectivity index (χ0n) is 19.6. The van der Waals surface area contributed by atoms with Gasteiger partial charge in [0.1, 0.15) is 11.6 Å². The zero-order valence-corrected chi connectivity index (χ0v) is 20.5. The van der Waals surface area contributed by atoms with Crippen LogP contribution in [0.5, 0.6) is 5.75 Å². The molecule has 7 nitrogen and oxygen atoms in total. The van der Waals surface area contributed by atoms with E-state index in [1.165, 1.54) is 49.2 Å². The summed E-state index contributed by atoms with van der Waals surface area (Å²) in [5.41, 5.74) is 3.70. The highest BCUT2D eigenvalue weighted by molar-refractivity contribution is 7.89. The highest BCUT2D eigenvalue weighted by atomic mass is 32.2. The van der Waals surface area contributed by atoms with Crippen LogP contribution < -0.4 is 9.88 Å². The lowest BCUT2D eigenvalue weighted by Crippen LogP contribution is -2.41. The number of sulfonamides is 1. The van der Waals surface area contributed by atoms with E-state index in [1.807, 2.05) is 12.1 Å². The summed E-state index contributed by atoms with van der Waals surface area (Å²) in [7, 11) is -3.79. The fourth-order valence-electron chi connectivity index (χ4n) is 5.20. The molecule has 2 heterocycles. The molecule has 0 spiro atoms. The van der Waals surface area contributed by atoms with Gasteiger partial charge in [-0.3, -0.25) is 0 Å². The van der Waals surface area contributed by atoms with Crippen molar-refractivity contribution in [3.63, 3.8) is 0 Å². The van der Waals surface area contributed by atoms with Gasteiger partial charge in [-0.15, -0.1) is 0 Å². The number of likely N-dealkylation sites (tertiary alicyclic amines) is 1. The molecule has 0 radical (unpaired) electrons. The Morgan fingerprint density at radius 1 is 1.17 bits per heavy atom. The molecule has 5 rings (SSSR count). The number of nitrogens with two attached hydrogens (primary N) is 1. The van der Waals surface area contributed by atoms with E-state index in [0.29, 0.717) is 31.4 Å². The molecule has 0 saturated carbocycles. The molecule has 186 valence electrons. The standard InChI is InChI=1S/C26H31FN4O3S/c27-22-5-1-4-19(12-22)13-24-21(16-30-8-2-9-30)14-20-6-7-23(15-25(20)24)34-11-3-10-31-17-26(29-18-31)35(28,32)33/h1,4-7,12,15,17-18,21,24H,2-3,8-11,13-14,16H2,(H2,28,32,33). The van der Waals surface area contributed by atoms with Crippen LogP contribution in [-0.4, -0.2) is 49.1 Å². The highest BCUT2D eigenvalue weighted by Crippen LogP contribution is 2.42. The lowest BCUT2D eigenvalue weighted by molar-refractivity contribution is 0.145. The van der Waals surface area contributed by atoms with E-state index in [1.54, 1.807) is 16.7 Å². The molecule has 1 aliphatic heterocycles. The Labute approximate surface area is 205 Å². The van der Waals surface area contributed by atoms with E-state index >= 15 is 0 Å². The monoisotopic (exact) mass is 498 g/mol. The van der Waals surface area contributed by atoms with Gasteiger partial charge in [-0.25, -0.2) is 22.9 Å². The minimum atomic E-state index is -3.79. The van der Waals surface area contributed by atoms with E-state index in [-0.39, 0.29) is 10.8 Å². The van der Waals surface area contributed by atoms with Crippen molar-refractivity contribution in [2.24, 2.45) is 11.1 Å². The number of hydrogen-bond donors (Lipinski definition) is 1. The summed E-state index contributed by atoms with van der Waals surface area (Å²) in [4.78, 5) is 6.35. The van der Waals surface area contributed by atoms with Gasteiger partial charge in [-0.1, -0.05) is 18.2 Å². The third kappa shape index (κ3) is 5.74. The summed E-state index contributed by atoms with van der Waals surface area (Å²) in [6.45, 7) is 4.49. The minimum Gasteiger partial charge on any atom is -0.494 e. The maximum atomic E-state index is 13.9. The SMILES string of the molecule is NS(=O)(=O)c1cn(CCCOc2ccc3c(c2)C(Cc2cccc(F)c2)C(CN2CCC2)C3)cn1. The Kier molecular flexibility index (Phi) is 6.91. The molecule has 35 heavy (non-hydrogen) atoms. The topological polar surface area (TPSA) is 90.5 Å². The van der Waals surface area contributed by atoms with Crippen LogP contribution in [0.2, 0.25) is 0 Å². The molecule has 1 aliphatic carbocycles. The number of benzene rings is 2. The second-order valence-electron chi connectivity index (χ2n) is 9.62.